The zero-order valence-corrected chi connectivity index (χ0v) is 52.0. The van der Waals surface area contributed by atoms with Crippen molar-refractivity contribution in [1.29, 1.82) is 0 Å². The van der Waals surface area contributed by atoms with E-state index < -0.39 is 6.10 Å². The smallest absolute Gasteiger partial charge is 0.306 e. The van der Waals surface area contributed by atoms with Crippen LogP contribution in [0.25, 0.3) is 0 Å². The molecule has 0 radical (unpaired) electrons. The van der Waals surface area contributed by atoms with Gasteiger partial charge < -0.3 is 14.2 Å². The number of carbonyl (C=O) groups is 3. The molecule has 0 heterocycles. The van der Waals surface area contributed by atoms with E-state index in [1.54, 1.807) is 0 Å². The zero-order chi connectivity index (χ0) is 57.8. The molecule has 0 saturated carbocycles. The predicted octanol–water partition coefficient (Wildman–Crippen LogP) is 22.9. The first-order chi connectivity index (χ1) is 39.5. The van der Waals surface area contributed by atoms with Gasteiger partial charge in [0.25, 0.3) is 0 Å². The van der Waals surface area contributed by atoms with Gasteiger partial charge in [-0.2, -0.15) is 0 Å². The van der Waals surface area contributed by atoms with Crippen molar-refractivity contribution in [3.05, 3.63) is 134 Å². The third-order valence-corrected chi connectivity index (χ3v) is 13.9. The van der Waals surface area contributed by atoms with Gasteiger partial charge in [-0.15, -0.1) is 0 Å². The Kier molecular flexibility index (Phi) is 63.3. The summed E-state index contributed by atoms with van der Waals surface area (Å²) in [6.07, 6.45) is 94.9. The summed E-state index contributed by atoms with van der Waals surface area (Å²) >= 11 is 0. The second-order valence-electron chi connectivity index (χ2n) is 21.6. The summed E-state index contributed by atoms with van der Waals surface area (Å²) in [6.45, 7) is 6.45. The molecule has 0 aromatic carbocycles. The van der Waals surface area contributed by atoms with E-state index in [1.165, 1.54) is 141 Å². The van der Waals surface area contributed by atoms with E-state index in [-0.39, 0.29) is 37.5 Å². The monoisotopic (exact) mass is 1110 g/mol. The summed E-state index contributed by atoms with van der Waals surface area (Å²) in [7, 11) is 0. The van der Waals surface area contributed by atoms with Crippen LogP contribution in [-0.2, 0) is 28.6 Å². The predicted molar refractivity (Wildman–Crippen MR) is 348 cm³/mol. The van der Waals surface area contributed by atoms with Crippen molar-refractivity contribution in [2.75, 3.05) is 13.2 Å². The van der Waals surface area contributed by atoms with Gasteiger partial charge in [0.2, 0.25) is 0 Å². The fraction of sp³-hybridized carbons (Fsp3) is 0.662. The van der Waals surface area contributed by atoms with Crippen LogP contribution < -0.4 is 0 Å². The maximum atomic E-state index is 12.9. The topological polar surface area (TPSA) is 78.9 Å². The Morgan fingerprint density at radius 1 is 0.263 bits per heavy atom. The lowest BCUT2D eigenvalue weighted by atomic mass is 10.0. The molecule has 0 bridgehead atoms. The first kappa shape index (κ1) is 75.5. The van der Waals surface area contributed by atoms with E-state index >= 15 is 0 Å². The molecular weight excluding hydrogens is 985 g/mol. The van der Waals surface area contributed by atoms with Crippen LogP contribution in [0.5, 0.6) is 0 Å². The van der Waals surface area contributed by atoms with Gasteiger partial charge in [0.15, 0.2) is 6.10 Å². The number of hydrogen-bond donors (Lipinski definition) is 0. The van der Waals surface area contributed by atoms with Gasteiger partial charge in [0.1, 0.15) is 13.2 Å². The van der Waals surface area contributed by atoms with E-state index in [0.717, 1.165) is 109 Å². The molecular formula is C74H122O6. The molecule has 6 heteroatoms. The van der Waals surface area contributed by atoms with Gasteiger partial charge in [-0.1, -0.05) is 296 Å². The van der Waals surface area contributed by atoms with E-state index in [4.69, 9.17) is 14.2 Å². The minimum atomic E-state index is -0.804. The lowest BCUT2D eigenvalue weighted by molar-refractivity contribution is -0.167. The Balaban J connectivity index is 4.29. The lowest BCUT2D eigenvalue weighted by Gasteiger charge is -2.18. The van der Waals surface area contributed by atoms with E-state index in [9.17, 15) is 14.4 Å². The molecule has 0 N–H and O–H groups in total. The number of hydrogen-bond acceptors (Lipinski definition) is 6. The summed E-state index contributed by atoms with van der Waals surface area (Å²) < 4.78 is 16.8. The van der Waals surface area contributed by atoms with Crippen LogP contribution in [0.1, 0.15) is 297 Å². The molecule has 1 unspecified atom stereocenters. The van der Waals surface area contributed by atoms with Crippen LogP contribution in [0, 0.1) is 0 Å². The average Bonchev–Trinajstić information content (AvgIpc) is 3.46. The minimum absolute atomic E-state index is 0.0976. The number of carbonyl (C=O) groups excluding carboxylic acids is 3. The average molecular weight is 1110 g/mol. The summed E-state index contributed by atoms with van der Waals surface area (Å²) in [5.74, 6) is -0.962. The van der Waals surface area contributed by atoms with Gasteiger partial charge in [0, 0.05) is 19.3 Å². The molecule has 0 aromatic rings. The highest BCUT2D eigenvalue weighted by molar-refractivity contribution is 5.71. The van der Waals surface area contributed by atoms with Gasteiger partial charge in [-0.05, 0) is 116 Å². The van der Waals surface area contributed by atoms with Crippen molar-refractivity contribution in [2.45, 2.75) is 303 Å². The third kappa shape index (κ3) is 64.4. The largest absolute Gasteiger partial charge is 0.462 e. The second kappa shape index (κ2) is 67.1. The highest BCUT2D eigenvalue weighted by Crippen LogP contribution is 2.16. The van der Waals surface area contributed by atoms with Crippen molar-refractivity contribution < 1.29 is 28.6 Å². The van der Waals surface area contributed by atoms with Crippen molar-refractivity contribution in [3.63, 3.8) is 0 Å². The van der Waals surface area contributed by atoms with Crippen molar-refractivity contribution in [3.8, 4) is 0 Å². The summed E-state index contributed by atoms with van der Waals surface area (Å²) in [5, 5.41) is 0. The Hall–Kier alpha value is -4.45. The molecule has 0 aromatic heterocycles. The second-order valence-corrected chi connectivity index (χ2v) is 21.6. The standard InChI is InChI=1S/C74H122O6/c1-4-7-10-13-16-19-21-23-25-27-29-31-33-35-36-37-38-40-41-43-45-47-49-51-53-55-58-61-64-67-73(76)79-70-71(69-78-72(75)66-63-60-57-18-15-12-9-6-3)80-74(77)68-65-62-59-56-54-52-50-48-46-44-42-39-34-32-30-28-26-24-22-20-17-14-11-8-5-2/h7,10,16,19,22-25,28-31,35-36,38,40,43,45,49,51,55,58,71H,4-6,8-9,11-15,17-18,20-21,26-27,32-34,37,39,41-42,44,46-48,50,52-54,56-57,59-70H2,1-3H3/b10-7-,19-16-,24-22-,25-23-,30-28-,31-29-,36-35-,40-38-,45-43-,51-49-,58-55-. The molecule has 454 valence electrons. The molecule has 0 aliphatic carbocycles. The Morgan fingerprint density at radius 2 is 0.500 bits per heavy atom. The zero-order valence-electron chi connectivity index (χ0n) is 52.0. The Labute approximate surface area is 494 Å². The lowest BCUT2D eigenvalue weighted by Crippen LogP contribution is -2.30. The minimum Gasteiger partial charge on any atom is -0.462 e. The first-order valence-electron chi connectivity index (χ1n) is 33.2. The molecule has 1 atom stereocenters. The summed E-state index contributed by atoms with van der Waals surface area (Å²) in [5.41, 5.74) is 0. The SMILES string of the molecule is CC/C=C\C/C=C\C/C=C\C/C=C\C/C=C\C/C=C\C/C=C\C/C=C\C/C=C\CCCC(=O)OCC(COC(=O)CCCCCCCCCC)OC(=O)CCCCCCCCCCCCCCC/C=C\C/C=C\CCCCCCC. The van der Waals surface area contributed by atoms with E-state index in [2.05, 4.69) is 154 Å². The quantitative estimate of drug-likeness (QED) is 0.0261. The summed E-state index contributed by atoms with van der Waals surface area (Å²) in [4.78, 5) is 38.2. The van der Waals surface area contributed by atoms with Crippen molar-refractivity contribution in [1.82, 2.24) is 0 Å². The van der Waals surface area contributed by atoms with Crippen LogP contribution in [0.15, 0.2) is 134 Å². The highest BCUT2D eigenvalue weighted by Gasteiger charge is 2.19. The van der Waals surface area contributed by atoms with Crippen molar-refractivity contribution >= 4 is 17.9 Å². The summed E-state index contributed by atoms with van der Waals surface area (Å²) in [6, 6.07) is 0. The number of esters is 3. The van der Waals surface area contributed by atoms with E-state index in [0.29, 0.717) is 19.3 Å². The molecule has 0 fully saturated rings. The Bertz CT molecular complexity index is 1700. The van der Waals surface area contributed by atoms with Gasteiger partial charge in [-0.3, -0.25) is 14.4 Å². The first-order valence-corrected chi connectivity index (χ1v) is 33.2. The fourth-order valence-electron chi connectivity index (χ4n) is 8.95. The van der Waals surface area contributed by atoms with Gasteiger partial charge in [-0.25, -0.2) is 0 Å². The van der Waals surface area contributed by atoms with Gasteiger partial charge >= 0.3 is 17.9 Å². The normalized spacial score (nSPS) is 13.0. The molecule has 0 rings (SSSR count). The molecule has 0 aliphatic rings. The number of rotatable bonds is 59. The van der Waals surface area contributed by atoms with E-state index in [1.807, 2.05) is 0 Å². The number of ether oxygens (including phenoxy) is 3. The molecule has 0 aliphatic heterocycles. The fourth-order valence-corrected chi connectivity index (χ4v) is 8.95. The molecule has 0 amide bonds. The van der Waals surface area contributed by atoms with Crippen LogP contribution in [-0.4, -0.2) is 37.2 Å². The van der Waals surface area contributed by atoms with Crippen molar-refractivity contribution in [2.24, 2.45) is 0 Å². The van der Waals surface area contributed by atoms with Crippen LogP contribution in [0.2, 0.25) is 0 Å². The highest BCUT2D eigenvalue weighted by atomic mass is 16.6. The third-order valence-electron chi connectivity index (χ3n) is 13.9. The number of allylic oxidation sites excluding steroid dienone is 22. The maximum Gasteiger partial charge on any atom is 0.306 e. The molecule has 80 heavy (non-hydrogen) atoms. The van der Waals surface area contributed by atoms with Crippen LogP contribution >= 0.6 is 0 Å². The maximum absolute atomic E-state index is 12.9. The van der Waals surface area contributed by atoms with Gasteiger partial charge in [0.05, 0.1) is 0 Å². The molecule has 0 saturated heterocycles. The Morgan fingerprint density at radius 3 is 0.812 bits per heavy atom. The van der Waals surface area contributed by atoms with Crippen LogP contribution in [0.4, 0.5) is 0 Å². The molecule has 0 spiro atoms. The number of unbranched alkanes of at least 4 members (excludes halogenated alkanes) is 26. The van der Waals surface area contributed by atoms with Crippen LogP contribution in [0.3, 0.4) is 0 Å². The molecule has 6 nitrogen and oxygen atoms in total.